The van der Waals surface area contributed by atoms with Gasteiger partial charge in [-0.1, -0.05) is 6.92 Å². The molecular weight excluding hydrogens is 318 g/mol. The van der Waals surface area contributed by atoms with Crippen molar-refractivity contribution in [2.75, 3.05) is 59.0 Å². The lowest BCUT2D eigenvalue weighted by atomic mass is 9.95. The molecule has 0 bridgehead atoms. The maximum atomic E-state index is 11.2. The van der Waals surface area contributed by atoms with Gasteiger partial charge in [0.1, 0.15) is 0 Å². The molecule has 0 aliphatic carbocycles. The van der Waals surface area contributed by atoms with Crippen molar-refractivity contribution in [1.82, 2.24) is 15.1 Å². The van der Waals surface area contributed by atoms with Gasteiger partial charge in [0.2, 0.25) is 5.91 Å². The highest BCUT2D eigenvalue weighted by Crippen LogP contribution is 2.19. The number of carbonyl (C=O) groups is 1. The Balaban J connectivity index is 1.86. The Morgan fingerprint density at radius 1 is 1.36 bits per heavy atom. The van der Waals surface area contributed by atoms with Crippen molar-refractivity contribution in [3.63, 3.8) is 0 Å². The average molecular weight is 354 g/mol. The van der Waals surface area contributed by atoms with Gasteiger partial charge in [0, 0.05) is 52.2 Å². The van der Waals surface area contributed by atoms with Crippen LogP contribution in [0, 0.1) is 11.8 Å². The van der Waals surface area contributed by atoms with E-state index < -0.39 is 0 Å². The Kier molecular flexibility index (Phi) is 8.48. The second-order valence-electron chi connectivity index (χ2n) is 7.34. The quantitative estimate of drug-likeness (QED) is 0.515. The van der Waals surface area contributed by atoms with E-state index in [1.165, 1.54) is 0 Å². The molecule has 7 heteroatoms. The summed E-state index contributed by atoms with van der Waals surface area (Å²) in [4.78, 5) is 20.8. The summed E-state index contributed by atoms with van der Waals surface area (Å²) in [6, 6.07) is 0. The molecule has 25 heavy (non-hydrogen) atoms. The number of likely N-dealkylation sites (tertiary alicyclic amines) is 1. The van der Waals surface area contributed by atoms with Crippen LogP contribution in [0.5, 0.6) is 0 Å². The number of hydrogen-bond donors (Lipinski definition) is 2. The molecule has 0 spiro atoms. The Morgan fingerprint density at radius 2 is 2.12 bits per heavy atom. The molecule has 0 aromatic heterocycles. The molecule has 2 atom stereocenters. The van der Waals surface area contributed by atoms with Crippen molar-refractivity contribution in [2.45, 2.75) is 33.1 Å². The van der Waals surface area contributed by atoms with Crippen LogP contribution in [0.25, 0.3) is 0 Å². The normalized spacial score (nSPS) is 24.2. The lowest BCUT2D eigenvalue weighted by molar-refractivity contribution is -0.119. The number of nitrogens with one attached hydrogen (secondary N) is 1. The van der Waals surface area contributed by atoms with Crippen LogP contribution in [0.15, 0.2) is 4.99 Å². The van der Waals surface area contributed by atoms with E-state index in [1.807, 2.05) is 0 Å². The van der Waals surface area contributed by atoms with Crippen LogP contribution in [-0.4, -0.2) is 80.7 Å². The molecule has 2 aliphatic rings. The van der Waals surface area contributed by atoms with E-state index >= 15 is 0 Å². The third kappa shape index (κ3) is 7.20. The van der Waals surface area contributed by atoms with Crippen LogP contribution >= 0.6 is 0 Å². The van der Waals surface area contributed by atoms with Crippen molar-refractivity contribution in [2.24, 2.45) is 22.6 Å². The highest BCUT2D eigenvalue weighted by Gasteiger charge is 2.23. The predicted molar refractivity (Wildman–Crippen MR) is 101 cm³/mol. The van der Waals surface area contributed by atoms with Gasteiger partial charge in [-0.2, -0.15) is 0 Å². The molecule has 7 nitrogen and oxygen atoms in total. The van der Waals surface area contributed by atoms with Gasteiger partial charge in [0.15, 0.2) is 5.96 Å². The minimum absolute atomic E-state index is 0.201. The van der Waals surface area contributed by atoms with Gasteiger partial charge in [0.25, 0.3) is 0 Å². The minimum Gasteiger partial charge on any atom is -0.379 e. The summed E-state index contributed by atoms with van der Waals surface area (Å²) in [6.07, 6.45) is 2.64. The summed E-state index contributed by atoms with van der Waals surface area (Å²) < 4.78 is 5.41. The topological polar surface area (TPSA) is 83.2 Å². The summed E-state index contributed by atoms with van der Waals surface area (Å²) in [5.74, 6) is 1.64. The summed E-state index contributed by atoms with van der Waals surface area (Å²) in [6.45, 7) is 12.7. The van der Waals surface area contributed by atoms with Crippen molar-refractivity contribution >= 4 is 11.9 Å². The van der Waals surface area contributed by atoms with Gasteiger partial charge in [-0.25, -0.2) is 0 Å². The standard InChI is InChI=1S/C18H35N5O2/c1-3-20-18(23-6-4-5-16(14-23)11-17(19)24)21-12-15(2)13-22-7-9-25-10-8-22/h15-16H,3-14H2,1-2H3,(H2,19,24)(H,20,21). The first-order valence-corrected chi connectivity index (χ1v) is 9.70. The molecule has 2 heterocycles. The number of aliphatic imine (C=N–C) groups is 1. The largest absolute Gasteiger partial charge is 0.379 e. The van der Waals surface area contributed by atoms with Gasteiger partial charge in [-0.15, -0.1) is 0 Å². The first-order valence-electron chi connectivity index (χ1n) is 9.70. The second kappa shape index (κ2) is 10.6. The third-order valence-electron chi connectivity index (χ3n) is 4.87. The maximum Gasteiger partial charge on any atom is 0.217 e. The average Bonchev–Trinajstić information content (AvgIpc) is 2.59. The van der Waals surface area contributed by atoms with E-state index in [9.17, 15) is 4.79 Å². The van der Waals surface area contributed by atoms with Gasteiger partial charge < -0.3 is 20.7 Å². The number of primary amides is 1. The molecule has 2 saturated heterocycles. The van der Waals surface area contributed by atoms with Crippen molar-refractivity contribution in [3.05, 3.63) is 0 Å². The number of nitrogens with two attached hydrogens (primary N) is 1. The van der Waals surface area contributed by atoms with E-state index in [1.54, 1.807) is 0 Å². The first kappa shape index (κ1) is 20.0. The molecular formula is C18H35N5O2. The zero-order chi connectivity index (χ0) is 18.1. The van der Waals surface area contributed by atoms with Crippen molar-refractivity contribution in [1.29, 1.82) is 0 Å². The van der Waals surface area contributed by atoms with Gasteiger partial charge >= 0.3 is 0 Å². The second-order valence-corrected chi connectivity index (χ2v) is 7.34. The van der Waals surface area contributed by atoms with Gasteiger partial charge in [-0.3, -0.25) is 14.7 Å². The monoisotopic (exact) mass is 353 g/mol. The molecule has 3 N–H and O–H groups in total. The molecule has 1 amide bonds. The molecule has 0 saturated carbocycles. The molecule has 0 radical (unpaired) electrons. The number of rotatable bonds is 7. The molecule has 0 aromatic carbocycles. The number of hydrogen-bond acceptors (Lipinski definition) is 4. The number of guanidine groups is 1. The Morgan fingerprint density at radius 3 is 2.80 bits per heavy atom. The molecule has 144 valence electrons. The van der Waals surface area contributed by atoms with Crippen molar-refractivity contribution in [3.8, 4) is 0 Å². The fraction of sp³-hybridized carbons (Fsp3) is 0.889. The summed E-state index contributed by atoms with van der Waals surface area (Å²) in [5, 5.41) is 3.41. The van der Waals surface area contributed by atoms with E-state index in [4.69, 9.17) is 15.5 Å². The molecule has 2 aliphatic heterocycles. The van der Waals surface area contributed by atoms with Crippen LogP contribution < -0.4 is 11.1 Å². The van der Waals surface area contributed by atoms with Crippen LogP contribution in [0.4, 0.5) is 0 Å². The SMILES string of the molecule is CCNC(=NCC(C)CN1CCOCC1)N1CCCC(CC(N)=O)C1. The Hall–Kier alpha value is -1.34. The number of carbonyl (C=O) groups excluding carboxylic acids is 1. The minimum atomic E-state index is -0.201. The summed E-state index contributed by atoms with van der Waals surface area (Å²) >= 11 is 0. The summed E-state index contributed by atoms with van der Waals surface area (Å²) in [7, 11) is 0. The summed E-state index contributed by atoms with van der Waals surface area (Å²) in [5.41, 5.74) is 5.37. The lowest BCUT2D eigenvalue weighted by Gasteiger charge is -2.35. The Bertz CT molecular complexity index is 437. The number of morpholine rings is 1. The zero-order valence-corrected chi connectivity index (χ0v) is 15.9. The highest BCUT2D eigenvalue weighted by molar-refractivity contribution is 5.80. The van der Waals surface area contributed by atoms with E-state index in [0.717, 1.165) is 77.8 Å². The fourth-order valence-electron chi connectivity index (χ4n) is 3.66. The predicted octanol–water partition coefficient (Wildman–Crippen LogP) is 0.508. The van der Waals surface area contributed by atoms with E-state index in [2.05, 4.69) is 29.0 Å². The molecule has 2 fully saturated rings. The van der Waals surface area contributed by atoms with E-state index in [0.29, 0.717) is 18.3 Å². The molecule has 2 rings (SSSR count). The van der Waals surface area contributed by atoms with Crippen LogP contribution in [0.3, 0.4) is 0 Å². The van der Waals surface area contributed by atoms with Gasteiger partial charge in [0.05, 0.1) is 13.2 Å². The number of piperidine rings is 1. The lowest BCUT2D eigenvalue weighted by Crippen LogP contribution is -2.47. The number of amides is 1. The third-order valence-corrected chi connectivity index (χ3v) is 4.87. The number of ether oxygens (including phenoxy) is 1. The highest BCUT2D eigenvalue weighted by atomic mass is 16.5. The Labute approximate surface area is 152 Å². The van der Waals surface area contributed by atoms with Crippen LogP contribution in [0.2, 0.25) is 0 Å². The van der Waals surface area contributed by atoms with Crippen LogP contribution in [-0.2, 0) is 9.53 Å². The molecule has 2 unspecified atom stereocenters. The first-order chi connectivity index (χ1) is 12.1. The van der Waals surface area contributed by atoms with Gasteiger partial charge in [-0.05, 0) is 31.6 Å². The fourth-order valence-corrected chi connectivity index (χ4v) is 3.66. The molecule has 0 aromatic rings. The van der Waals surface area contributed by atoms with E-state index in [-0.39, 0.29) is 5.91 Å². The van der Waals surface area contributed by atoms with Crippen LogP contribution in [0.1, 0.15) is 33.1 Å². The van der Waals surface area contributed by atoms with Crippen molar-refractivity contribution < 1.29 is 9.53 Å². The maximum absolute atomic E-state index is 11.2. The smallest absolute Gasteiger partial charge is 0.217 e. The number of nitrogens with zero attached hydrogens (tertiary/aromatic N) is 3. The zero-order valence-electron chi connectivity index (χ0n) is 15.9.